The van der Waals surface area contributed by atoms with Gasteiger partial charge in [-0.25, -0.2) is 0 Å². The molecule has 0 saturated carbocycles. The Labute approximate surface area is 113 Å². The highest BCUT2D eigenvalue weighted by atomic mass is 16.3. The Hall–Kier alpha value is -0.560. The van der Waals surface area contributed by atoms with E-state index in [2.05, 4.69) is 39.8 Å². The summed E-state index contributed by atoms with van der Waals surface area (Å²) >= 11 is 0. The van der Waals surface area contributed by atoms with Crippen LogP contribution in [0.3, 0.4) is 0 Å². The Balaban J connectivity index is 2.69. The van der Waals surface area contributed by atoms with Gasteiger partial charge < -0.3 is 5.11 Å². The maximum Gasteiger partial charge on any atom is 0.0650 e. The van der Waals surface area contributed by atoms with Crippen LogP contribution < -0.4 is 0 Å². The lowest BCUT2D eigenvalue weighted by atomic mass is 9.61. The van der Waals surface area contributed by atoms with Crippen molar-refractivity contribution in [3.63, 3.8) is 0 Å². The van der Waals surface area contributed by atoms with Crippen molar-refractivity contribution >= 4 is 0 Å². The summed E-state index contributed by atoms with van der Waals surface area (Å²) in [5, 5.41) is 10.4. The highest BCUT2D eigenvalue weighted by Gasteiger charge is 2.44. The topological polar surface area (TPSA) is 20.2 Å². The first-order chi connectivity index (χ1) is 8.17. The minimum absolute atomic E-state index is 0.00696. The van der Waals surface area contributed by atoms with E-state index in [0.717, 1.165) is 19.3 Å². The second-order valence-electron chi connectivity index (χ2n) is 6.91. The summed E-state index contributed by atoms with van der Waals surface area (Å²) in [7, 11) is 0. The molecule has 0 radical (unpaired) electrons. The lowest BCUT2D eigenvalue weighted by Gasteiger charge is -2.47. The Bertz CT molecular complexity index is 339. The minimum Gasteiger partial charge on any atom is -0.390 e. The summed E-state index contributed by atoms with van der Waals surface area (Å²) < 4.78 is 0. The van der Waals surface area contributed by atoms with Crippen LogP contribution in [0.15, 0.2) is 23.3 Å². The summed E-state index contributed by atoms with van der Waals surface area (Å²) in [5.74, 6) is 0.452. The normalized spacial score (nSPS) is 28.8. The number of hydrogen-bond donors (Lipinski definition) is 1. The van der Waals surface area contributed by atoms with E-state index in [4.69, 9.17) is 0 Å². The average Bonchev–Trinajstić information content (AvgIpc) is 2.21. The minimum atomic E-state index is -0.603. The lowest BCUT2D eigenvalue weighted by Crippen LogP contribution is -2.46. The van der Waals surface area contributed by atoms with Gasteiger partial charge in [0, 0.05) is 5.41 Å². The predicted molar refractivity (Wildman–Crippen MR) is 79.6 cm³/mol. The van der Waals surface area contributed by atoms with Gasteiger partial charge in [-0.3, -0.25) is 0 Å². The van der Waals surface area contributed by atoms with Crippen LogP contribution in [0, 0.1) is 11.3 Å². The van der Waals surface area contributed by atoms with Gasteiger partial charge in [-0.05, 0) is 59.3 Å². The van der Waals surface area contributed by atoms with Crippen LogP contribution in [0.25, 0.3) is 0 Å². The summed E-state index contributed by atoms with van der Waals surface area (Å²) in [6, 6.07) is 0. The molecule has 1 heteroatoms. The molecule has 0 aromatic rings. The molecule has 1 aliphatic carbocycles. The molecule has 1 N–H and O–H groups in total. The molecule has 1 nitrogen and oxygen atoms in total. The van der Waals surface area contributed by atoms with Gasteiger partial charge in [-0.1, -0.05) is 37.1 Å². The van der Waals surface area contributed by atoms with Gasteiger partial charge in [0.05, 0.1) is 5.60 Å². The smallest absolute Gasteiger partial charge is 0.0650 e. The standard InChI is InChI=1S/C17H30O/c1-13(2)8-7-9-15-10-11-17(6,14(3)12-15)16(4,5)18/h8,12,14,18H,7,9-11H2,1-6H3. The first-order valence-corrected chi connectivity index (χ1v) is 7.22. The zero-order valence-electron chi connectivity index (χ0n) is 13.0. The van der Waals surface area contributed by atoms with Crippen LogP contribution in [-0.4, -0.2) is 10.7 Å². The first-order valence-electron chi connectivity index (χ1n) is 7.22. The van der Waals surface area contributed by atoms with E-state index in [1.165, 1.54) is 12.0 Å². The SMILES string of the molecule is CC(C)=CCCC1=CC(C)C(C)(C(C)(C)O)CC1. The van der Waals surface area contributed by atoms with Crippen LogP contribution in [0.2, 0.25) is 0 Å². The number of allylic oxidation sites excluding steroid dienone is 4. The molecular formula is C17H30O. The van der Waals surface area contributed by atoms with Gasteiger partial charge in [0.25, 0.3) is 0 Å². The number of hydrogen-bond acceptors (Lipinski definition) is 1. The highest BCUT2D eigenvalue weighted by Crippen LogP contribution is 2.47. The van der Waals surface area contributed by atoms with E-state index >= 15 is 0 Å². The van der Waals surface area contributed by atoms with Gasteiger partial charge in [0.2, 0.25) is 0 Å². The summed E-state index contributed by atoms with van der Waals surface area (Å²) in [4.78, 5) is 0. The van der Waals surface area contributed by atoms with Crippen molar-refractivity contribution in [2.75, 3.05) is 0 Å². The molecule has 0 aromatic carbocycles. The van der Waals surface area contributed by atoms with E-state index in [9.17, 15) is 5.11 Å². The molecule has 0 saturated heterocycles. The molecule has 2 unspecified atom stereocenters. The second kappa shape index (κ2) is 5.61. The fraction of sp³-hybridized carbons (Fsp3) is 0.765. The van der Waals surface area contributed by atoms with E-state index in [-0.39, 0.29) is 5.41 Å². The van der Waals surface area contributed by atoms with Gasteiger partial charge in [-0.15, -0.1) is 0 Å². The zero-order chi connectivity index (χ0) is 14.0. The molecule has 0 bridgehead atoms. The maximum atomic E-state index is 10.4. The molecule has 0 fully saturated rings. The fourth-order valence-electron chi connectivity index (χ4n) is 2.89. The van der Waals surface area contributed by atoms with Crippen LogP contribution in [0.1, 0.15) is 67.2 Å². The Morgan fingerprint density at radius 3 is 2.56 bits per heavy atom. The van der Waals surface area contributed by atoms with Gasteiger partial charge in [0.15, 0.2) is 0 Å². The third kappa shape index (κ3) is 3.47. The van der Waals surface area contributed by atoms with E-state index < -0.39 is 5.60 Å². The zero-order valence-corrected chi connectivity index (χ0v) is 13.0. The molecule has 1 aliphatic rings. The molecule has 104 valence electrons. The fourth-order valence-corrected chi connectivity index (χ4v) is 2.89. The van der Waals surface area contributed by atoms with Gasteiger partial charge >= 0.3 is 0 Å². The first kappa shape index (κ1) is 15.5. The number of aliphatic hydroxyl groups is 1. The van der Waals surface area contributed by atoms with E-state index in [1.54, 1.807) is 5.57 Å². The quantitative estimate of drug-likeness (QED) is 0.706. The van der Waals surface area contributed by atoms with Crippen molar-refractivity contribution in [1.82, 2.24) is 0 Å². The summed E-state index contributed by atoms with van der Waals surface area (Å²) in [6.07, 6.45) is 9.28. The summed E-state index contributed by atoms with van der Waals surface area (Å²) in [5.41, 5.74) is 2.38. The van der Waals surface area contributed by atoms with Gasteiger partial charge in [-0.2, -0.15) is 0 Å². The van der Waals surface area contributed by atoms with Crippen molar-refractivity contribution in [3.8, 4) is 0 Å². The molecule has 1 rings (SSSR count). The van der Waals surface area contributed by atoms with Crippen LogP contribution in [-0.2, 0) is 0 Å². The van der Waals surface area contributed by atoms with E-state index in [0.29, 0.717) is 5.92 Å². The molecule has 0 amide bonds. The molecule has 0 aromatic heterocycles. The van der Waals surface area contributed by atoms with Crippen molar-refractivity contribution in [2.45, 2.75) is 72.8 Å². The van der Waals surface area contributed by atoms with Crippen molar-refractivity contribution in [1.29, 1.82) is 0 Å². The monoisotopic (exact) mass is 250 g/mol. The van der Waals surface area contributed by atoms with Crippen LogP contribution >= 0.6 is 0 Å². The average molecular weight is 250 g/mol. The molecule has 0 aliphatic heterocycles. The summed E-state index contributed by atoms with van der Waals surface area (Å²) in [6.45, 7) is 12.7. The lowest BCUT2D eigenvalue weighted by molar-refractivity contribution is -0.0740. The molecule has 2 atom stereocenters. The Morgan fingerprint density at radius 2 is 2.11 bits per heavy atom. The third-order valence-electron chi connectivity index (χ3n) is 4.87. The van der Waals surface area contributed by atoms with E-state index in [1.807, 2.05) is 13.8 Å². The van der Waals surface area contributed by atoms with Crippen molar-refractivity contribution in [2.24, 2.45) is 11.3 Å². The largest absolute Gasteiger partial charge is 0.390 e. The third-order valence-corrected chi connectivity index (χ3v) is 4.87. The second-order valence-corrected chi connectivity index (χ2v) is 6.91. The molecule has 0 heterocycles. The van der Waals surface area contributed by atoms with Crippen molar-refractivity contribution < 1.29 is 5.11 Å². The molecule has 18 heavy (non-hydrogen) atoms. The van der Waals surface area contributed by atoms with Gasteiger partial charge in [0.1, 0.15) is 0 Å². The van der Waals surface area contributed by atoms with Crippen LogP contribution in [0.5, 0.6) is 0 Å². The molecule has 0 spiro atoms. The van der Waals surface area contributed by atoms with Crippen molar-refractivity contribution in [3.05, 3.63) is 23.3 Å². The Morgan fingerprint density at radius 1 is 1.50 bits per heavy atom. The maximum absolute atomic E-state index is 10.4. The van der Waals surface area contributed by atoms with Crippen LogP contribution in [0.4, 0.5) is 0 Å². The highest BCUT2D eigenvalue weighted by molar-refractivity contribution is 5.15. The Kier molecular flexibility index (Phi) is 4.83. The molecular weight excluding hydrogens is 220 g/mol. The predicted octanol–water partition coefficient (Wildman–Crippen LogP) is 4.87. The number of rotatable bonds is 4.